The maximum absolute atomic E-state index is 12.8. The third-order valence-corrected chi connectivity index (χ3v) is 4.10. The number of alkyl halides is 3. The van der Waals surface area contributed by atoms with Crippen molar-refractivity contribution in [1.29, 1.82) is 0 Å². The van der Waals surface area contributed by atoms with E-state index >= 15 is 0 Å². The molecule has 0 atom stereocenters. The Labute approximate surface area is 159 Å². The third kappa shape index (κ3) is 4.64. The molecule has 144 valence electrons. The van der Waals surface area contributed by atoms with Crippen LogP contribution in [0.2, 0.25) is 0 Å². The van der Waals surface area contributed by atoms with Gasteiger partial charge in [0.2, 0.25) is 5.95 Å². The van der Waals surface area contributed by atoms with Crippen molar-refractivity contribution in [3.63, 3.8) is 0 Å². The molecule has 3 aromatic rings. The minimum absolute atomic E-state index is 0.0266. The number of rotatable bonds is 4. The fourth-order valence-electron chi connectivity index (χ4n) is 2.46. The number of anilines is 3. The normalized spacial score (nSPS) is 11.2. The fraction of sp³-hybridized carbons (Fsp3) is 0.150. The van der Waals surface area contributed by atoms with E-state index in [0.29, 0.717) is 0 Å². The molecule has 28 heavy (non-hydrogen) atoms. The number of nitrogens with one attached hydrogen (secondary N) is 2. The second-order valence-corrected chi connectivity index (χ2v) is 6.22. The zero-order valence-corrected chi connectivity index (χ0v) is 15.1. The van der Waals surface area contributed by atoms with Gasteiger partial charge in [0.1, 0.15) is 5.69 Å². The highest BCUT2D eigenvalue weighted by molar-refractivity contribution is 6.03. The van der Waals surface area contributed by atoms with Crippen molar-refractivity contribution in [2.24, 2.45) is 0 Å². The van der Waals surface area contributed by atoms with Crippen LogP contribution in [0.25, 0.3) is 0 Å². The highest BCUT2D eigenvalue weighted by Crippen LogP contribution is 2.30. The molecule has 0 saturated carbocycles. The Balaban J connectivity index is 1.76. The van der Waals surface area contributed by atoms with Crippen LogP contribution < -0.4 is 10.6 Å². The van der Waals surface area contributed by atoms with E-state index in [9.17, 15) is 18.0 Å². The molecule has 2 aromatic carbocycles. The van der Waals surface area contributed by atoms with Crippen LogP contribution in [0.15, 0.2) is 54.7 Å². The maximum Gasteiger partial charge on any atom is 0.416 e. The van der Waals surface area contributed by atoms with E-state index in [1.165, 1.54) is 24.4 Å². The van der Waals surface area contributed by atoms with Crippen LogP contribution in [0.1, 0.15) is 27.2 Å². The summed E-state index contributed by atoms with van der Waals surface area (Å²) in [5.74, 6) is -0.426. The standard InChI is InChI=1S/C20H17F3N4O/c1-12-6-7-16(10-13(12)2)26-19-24-9-8-17(27-19)18(28)25-15-5-3-4-14(11-15)20(21,22)23/h3-11H,1-2H3,(H,25,28)(H,24,26,27). The molecular weight excluding hydrogens is 369 g/mol. The summed E-state index contributed by atoms with van der Waals surface area (Å²) in [5.41, 5.74) is 2.20. The molecule has 0 radical (unpaired) electrons. The number of carbonyl (C=O) groups is 1. The first-order valence-electron chi connectivity index (χ1n) is 8.38. The number of aryl methyl sites for hydroxylation is 2. The first-order valence-corrected chi connectivity index (χ1v) is 8.38. The first kappa shape index (κ1) is 19.3. The van der Waals surface area contributed by atoms with Gasteiger partial charge < -0.3 is 10.6 Å². The molecule has 1 amide bonds. The number of hydrogen-bond acceptors (Lipinski definition) is 4. The van der Waals surface area contributed by atoms with Crippen molar-refractivity contribution in [1.82, 2.24) is 9.97 Å². The molecule has 0 aliphatic heterocycles. The monoisotopic (exact) mass is 386 g/mol. The van der Waals surface area contributed by atoms with E-state index in [1.54, 1.807) is 0 Å². The van der Waals surface area contributed by atoms with Gasteiger partial charge in [-0.25, -0.2) is 9.97 Å². The van der Waals surface area contributed by atoms with Crippen molar-refractivity contribution < 1.29 is 18.0 Å². The molecule has 8 heteroatoms. The number of hydrogen-bond donors (Lipinski definition) is 2. The Morgan fingerprint density at radius 2 is 1.75 bits per heavy atom. The number of amides is 1. The van der Waals surface area contributed by atoms with Crippen LogP contribution in [0.4, 0.5) is 30.5 Å². The van der Waals surface area contributed by atoms with Crippen molar-refractivity contribution >= 4 is 23.2 Å². The lowest BCUT2D eigenvalue weighted by Crippen LogP contribution is -2.15. The molecule has 0 aliphatic carbocycles. The van der Waals surface area contributed by atoms with E-state index in [1.807, 2.05) is 32.0 Å². The SMILES string of the molecule is Cc1ccc(Nc2nccc(C(=O)Nc3cccc(C(F)(F)F)c3)n2)cc1C. The molecule has 0 fully saturated rings. The van der Waals surface area contributed by atoms with E-state index in [4.69, 9.17) is 0 Å². The lowest BCUT2D eigenvalue weighted by atomic mass is 10.1. The molecule has 0 saturated heterocycles. The quantitative estimate of drug-likeness (QED) is 0.654. The summed E-state index contributed by atoms with van der Waals surface area (Å²) in [7, 11) is 0. The average molecular weight is 386 g/mol. The molecule has 1 aromatic heterocycles. The van der Waals surface area contributed by atoms with Gasteiger partial charge in [-0.1, -0.05) is 12.1 Å². The van der Waals surface area contributed by atoms with Gasteiger partial charge in [-0.15, -0.1) is 0 Å². The van der Waals surface area contributed by atoms with Crippen LogP contribution in [0, 0.1) is 13.8 Å². The number of benzene rings is 2. The van der Waals surface area contributed by atoms with E-state index in [-0.39, 0.29) is 17.3 Å². The van der Waals surface area contributed by atoms with E-state index in [2.05, 4.69) is 20.6 Å². The third-order valence-electron chi connectivity index (χ3n) is 4.10. The van der Waals surface area contributed by atoms with Gasteiger partial charge in [-0.2, -0.15) is 13.2 Å². The zero-order chi connectivity index (χ0) is 20.3. The van der Waals surface area contributed by atoms with Gasteiger partial charge in [-0.3, -0.25) is 4.79 Å². The summed E-state index contributed by atoms with van der Waals surface area (Å²) in [5, 5.41) is 5.43. The minimum Gasteiger partial charge on any atom is -0.324 e. The topological polar surface area (TPSA) is 66.9 Å². The molecular formula is C20H17F3N4O. The summed E-state index contributed by atoms with van der Waals surface area (Å²) in [6, 6.07) is 11.5. The molecule has 0 unspecified atom stereocenters. The van der Waals surface area contributed by atoms with Gasteiger partial charge in [0, 0.05) is 17.6 Å². The Kier molecular flexibility index (Phi) is 5.30. The molecule has 5 nitrogen and oxygen atoms in total. The van der Waals surface area contributed by atoms with Crippen LogP contribution in [0.3, 0.4) is 0 Å². The lowest BCUT2D eigenvalue weighted by molar-refractivity contribution is -0.137. The molecule has 3 rings (SSSR count). The number of halogens is 3. The number of aromatic nitrogens is 2. The Morgan fingerprint density at radius 3 is 2.46 bits per heavy atom. The first-order chi connectivity index (χ1) is 13.2. The number of carbonyl (C=O) groups excluding carboxylic acids is 1. The van der Waals surface area contributed by atoms with Crippen molar-refractivity contribution in [2.45, 2.75) is 20.0 Å². The van der Waals surface area contributed by atoms with Crippen LogP contribution in [0.5, 0.6) is 0 Å². The smallest absolute Gasteiger partial charge is 0.324 e. The van der Waals surface area contributed by atoms with E-state index in [0.717, 1.165) is 28.9 Å². The Bertz CT molecular complexity index is 1020. The summed E-state index contributed by atoms with van der Waals surface area (Å²) < 4.78 is 38.4. The van der Waals surface area contributed by atoms with Crippen molar-refractivity contribution in [3.05, 3.63) is 77.1 Å². The van der Waals surface area contributed by atoms with Crippen LogP contribution >= 0.6 is 0 Å². The largest absolute Gasteiger partial charge is 0.416 e. The van der Waals surface area contributed by atoms with Crippen LogP contribution in [-0.4, -0.2) is 15.9 Å². The van der Waals surface area contributed by atoms with Gasteiger partial charge in [-0.05, 0) is 61.4 Å². The molecule has 2 N–H and O–H groups in total. The molecule has 0 spiro atoms. The van der Waals surface area contributed by atoms with E-state index < -0.39 is 17.6 Å². The Morgan fingerprint density at radius 1 is 0.964 bits per heavy atom. The fourth-order valence-corrected chi connectivity index (χ4v) is 2.46. The Hall–Kier alpha value is -3.42. The van der Waals surface area contributed by atoms with Gasteiger partial charge in [0.15, 0.2) is 0 Å². The highest BCUT2D eigenvalue weighted by Gasteiger charge is 2.30. The summed E-state index contributed by atoms with van der Waals surface area (Å²) in [4.78, 5) is 20.6. The lowest BCUT2D eigenvalue weighted by Gasteiger charge is -2.10. The predicted molar refractivity (Wildman–Crippen MR) is 101 cm³/mol. The molecule has 0 aliphatic rings. The van der Waals surface area contributed by atoms with Gasteiger partial charge in [0.25, 0.3) is 5.91 Å². The highest BCUT2D eigenvalue weighted by atomic mass is 19.4. The maximum atomic E-state index is 12.8. The van der Waals surface area contributed by atoms with Crippen LogP contribution in [-0.2, 0) is 6.18 Å². The molecule has 0 bridgehead atoms. The summed E-state index contributed by atoms with van der Waals surface area (Å²) in [6.07, 6.45) is -3.09. The predicted octanol–water partition coefficient (Wildman–Crippen LogP) is 5.11. The zero-order valence-electron chi connectivity index (χ0n) is 15.1. The summed E-state index contributed by atoms with van der Waals surface area (Å²) >= 11 is 0. The summed E-state index contributed by atoms with van der Waals surface area (Å²) in [6.45, 7) is 3.97. The van der Waals surface area contributed by atoms with Gasteiger partial charge >= 0.3 is 6.18 Å². The second-order valence-electron chi connectivity index (χ2n) is 6.22. The average Bonchev–Trinajstić information content (AvgIpc) is 2.64. The van der Waals surface area contributed by atoms with Crippen molar-refractivity contribution in [3.8, 4) is 0 Å². The minimum atomic E-state index is -4.49. The molecule has 1 heterocycles. The second kappa shape index (κ2) is 7.67. The number of nitrogens with zero attached hydrogens (tertiary/aromatic N) is 2. The van der Waals surface area contributed by atoms with Crippen molar-refractivity contribution in [2.75, 3.05) is 10.6 Å². The van der Waals surface area contributed by atoms with Gasteiger partial charge in [0.05, 0.1) is 5.56 Å².